The Morgan fingerprint density at radius 3 is 2.55 bits per heavy atom. The van der Waals surface area contributed by atoms with Gasteiger partial charge in [-0.3, -0.25) is 4.79 Å². The van der Waals surface area contributed by atoms with Gasteiger partial charge in [-0.15, -0.1) is 0 Å². The molecule has 0 bridgehead atoms. The van der Waals surface area contributed by atoms with Crippen molar-refractivity contribution in [3.8, 4) is 0 Å². The standard InChI is InChI=1S/C5H12NO3PS/c1-10(9,11)3-2-4(6)5(7)8/h4H,2-3,6H2,1H3,(H,7,8)(H,9,11). The topological polar surface area (TPSA) is 83.5 Å². The number of carbonyl (C=O) groups is 1. The Morgan fingerprint density at radius 1 is 1.82 bits per heavy atom. The van der Waals surface area contributed by atoms with Crippen LogP contribution in [-0.2, 0) is 16.6 Å². The first kappa shape index (κ1) is 11.0. The van der Waals surface area contributed by atoms with Gasteiger partial charge in [0.1, 0.15) is 6.04 Å². The lowest BCUT2D eigenvalue weighted by atomic mass is 10.2. The minimum atomic E-state index is -2.27. The zero-order chi connectivity index (χ0) is 9.07. The number of aliphatic carboxylic acids is 1. The molecule has 0 spiro atoms. The third kappa shape index (κ3) is 6.44. The molecule has 0 heterocycles. The third-order valence-corrected chi connectivity index (χ3v) is 2.81. The molecule has 4 N–H and O–H groups in total. The Bertz CT molecular complexity index is 190. The van der Waals surface area contributed by atoms with Crippen LogP contribution in [0.25, 0.3) is 0 Å². The second-order valence-corrected chi connectivity index (χ2v) is 7.42. The summed E-state index contributed by atoms with van der Waals surface area (Å²) in [4.78, 5) is 19.3. The molecule has 11 heavy (non-hydrogen) atoms. The van der Waals surface area contributed by atoms with Gasteiger partial charge in [-0.2, -0.15) is 0 Å². The van der Waals surface area contributed by atoms with Gasteiger partial charge < -0.3 is 15.7 Å². The monoisotopic (exact) mass is 197 g/mol. The maximum Gasteiger partial charge on any atom is 0.320 e. The molecule has 2 atom stereocenters. The highest BCUT2D eigenvalue weighted by molar-refractivity contribution is 8.11. The normalized spacial score (nSPS) is 18.8. The molecule has 0 fully saturated rings. The Labute approximate surface area is 70.5 Å². The summed E-state index contributed by atoms with van der Waals surface area (Å²) in [7, 11) is 0. The Balaban J connectivity index is 3.72. The first-order chi connectivity index (χ1) is 4.83. The molecular formula is C5H12NO3PS. The molecule has 0 amide bonds. The summed E-state index contributed by atoms with van der Waals surface area (Å²) in [6.45, 7) is 1.55. The SMILES string of the molecule is CP(O)(=S)CCC(N)C(=O)O. The van der Waals surface area contributed by atoms with Gasteiger partial charge in [0.15, 0.2) is 0 Å². The summed E-state index contributed by atoms with van der Waals surface area (Å²) in [5, 5.41) is 8.35. The molecule has 0 rings (SSSR count). The molecule has 0 aromatic carbocycles. The average Bonchev–Trinajstić information content (AvgIpc) is 1.80. The van der Waals surface area contributed by atoms with Crippen molar-refractivity contribution in [2.45, 2.75) is 12.5 Å². The van der Waals surface area contributed by atoms with Gasteiger partial charge in [-0.05, 0) is 13.1 Å². The van der Waals surface area contributed by atoms with Crippen LogP contribution in [0.1, 0.15) is 6.42 Å². The van der Waals surface area contributed by atoms with Crippen molar-refractivity contribution in [2.75, 3.05) is 12.8 Å². The average molecular weight is 197 g/mol. The number of nitrogens with two attached hydrogens (primary N) is 1. The fourth-order valence-electron chi connectivity index (χ4n) is 0.502. The lowest BCUT2D eigenvalue weighted by Gasteiger charge is -2.10. The van der Waals surface area contributed by atoms with E-state index in [1.54, 1.807) is 6.66 Å². The molecule has 66 valence electrons. The van der Waals surface area contributed by atoms with Crippen molar-refractivity contribution >= 4 is 24.0 Å². The van der Waals surface area contributed by atoms with Gasteiger partial charge in [-0.25, -0.2) is 0 Å². The molecule has 0 aliphatic heterocycles. The Hall–Kier alpha value is 0.0400. The van der Waals surface area contributed by atoms with Crippen molar-refractivity contribution in [1.29, 1.82) is 0 Å². The molecule has 2 unspecified atom stereocenters. The minimum absolute atomic E-state index is 0.250. The van der Waals surface area contributed by atoms with Crippen molar-refractivity contribution in [1.82, 2.24) is 0 Å². The highest BCUT2D eigenvalue weighted by Gasteiger charge is 2.14. The molecule has 0 aliphatic carbocycles. The largest absolute Gasteiger partial charge is 0.480 e. The van der Waals surface area contributed by atoms with E-state index in [0.29, 0.717) is 6.16 Å². The number of hydrogen-bond donors (Lipinski definition) is 3. The van der Waals surface area contributed by atoms with E-state index < -0.39 is 18.3 Å². The predicted octanol–water partition coefficient (Wildman–Crippen LogP) is -0.195. The summed E-state index contributed by atoms with van der Waals surface area (Å²) in [5.41, 5.74) is 5.18. The number of carboxylic acid groups (broad SMARTS) is 1. The first-order valence-corrected chi connectivity index (χ1v) is 6.49. The molecule has 6 heteroatoms. The third-order valence-electron chi connectivity index (χ3n) is 1.17. The van der Waals surface area contributed by atoms with Crippen LogP contribution in [0.4, 0.5) is 0 Å². The molecule has 0 aromatic heterocycles. The fourth-order valence-corrected chi connectivity index (χ4v) is 1.58. The van der Waals surface area contributed by atoms with Crippen LogP contribution in [0, 0.1) is 0 Å². The van der Waals surface area contributed by atoms with Crippen LogP contribution >= 0.6 is 6.26 Å². The van der Waals surface area contributed by atoms with E-state index in [1.807, 2.05) is 0 Å². The second-order valence-electron chi connectivity index (χ2n) is 2.51. The second kappa shape index (κ2) is 4.16. The molecule has 4 nitrogen and oxygen atoms in total. The summed E-state index contributed by atoms with van der Waals surface area (Å²) in [6.07, 6.45) is -1.69. The Morgan fingerprint density at radius 2 is 2.27 bits per heavy atom. The van der Waals surface area contributed by atoms with E-state index in [0.717, 1.165) is 0 Å². The van der Waals surface area contributed by atoms with Crippen LogP contribution in [0.2, 0.25) is 0 Å². The van der Waals surface area contributed by atoms with Crippen LogP contribution in [0.5, 0.6) is 0 Å². The summed E-state index contributed by atoms with van der Waals surface area (Å²) < 4.78 is 0. The van der Waals surface area contributed by atoms with E-state index in [4.69, 9.17) is 27.5 Å². The van der Waals surface area contributed by atoms with E-state index in [-0.39, 0.29) is 6.42 Å². The van der Waals surface area contributed by atoms with Crippen LogP contribution in [-0.4, -0.2) is 34.8 Å². The van der Waals surface area contributed by atoms with E-state index in [1.165, 1.54) is 0 Å². The van der Waals surface area contributed by atoms with Gasteiger partial charge >= 0.3 is 5.97 Å². The predicted molar refractivity (Wildman–Crippen MR) is 47.5 cm³/mol. The summed E-state index contributed by atoms with van der Waals surface area (Å²) >= 11 is 4.71. The number of carboxylic acids is 1. The van der Waals surface area contributed by atoms with Crippen molar-refractivity contribution in [2.24, 2.45) is 5.73 Å². The van der Waals surface area contributed by atoms with Crippen LogP contribution in [0.15, 0.2) is 0 Å². The quantitative estimate of drug-likeness (QED) is 0.544. The molecule has 0 aliphatic rings. The fraction of sp³-hybridized carbons (Fsp3) is 0.800. The zero-order valence-electron chi connectivity index (χ0n) is 6.23. The van der Waals surface area contributed by atoms with Crippen molar-refractivity contribution in [3.05, 3.63) is 0 Å². The van der Waals surface area contributed by atoms with Gasteiger partial charge in [0.2, 0.25) is 0 Å². The highest BCUT2D eigenvalue weighted by Crippen LogP contribution is 2.36. The smallest absolute Gasteiger partial charge is 0.320 e. The van der Waals surface area contributed by atoms with Gasteiger partial charge in [0.05, 0.1) is 6.26 Å². The maximum atomic E-state index is 10.2. The minimum Gasteiger partial charge on any atom is -0.480 e. The number of hydrogen-bond acceptors (Lipinski definition) is 3. The molecule has 0 aromatic rings. The summed E-state index contributed by atoms with van der Waals surface area (Å²) in [5.74, 6) is -1.05. The van der Waals surface area contributed by atoms with E-state index >= 15 is 0 Å². The van der Waals surface area contributed by atoms with Gasteiger partial charge in [0, 0.05) is 6.16 Å². The molecular weight excluding hydrogens is 185 g/mol. The van der Waals surface area contributed by atoms with Crippen LogP contribution in [0.3, 0.4) is 0 Å². The molecule has 0 saturated heterocycles. The van der Waals surface area contributed by atoms with E-state index in [9.17, 15) is 4.79 Å². The lowest BCUT2D eigenvalue weighted by molar-refractivity contribution is -0.138. The van der Waals surface area contributed by atoms with Crippen molar-refractivity contribution in [3.63, 3.8) is 0 Å². The summed E-state index contributed by atoms with van der Waals surface area (Å²) in [6, 6.07) is -0.899. The Kier molecular flexibility index (Phi) is 4.18. The van der Waals surface area contributed by atoms with Gasteiger partial charge in [0.25, 0.3) is 0 Å². The van der Waals surface area contributed by atoms with Crippen molar-refractivity contribution < 1.29 is 14.8 Å². The first-order valence-electron chi connectivity index (χ1n) is 3.10. The van der Waals surface area contributed by atoms with Crippen LogP contribution < -0.4 is 5.73 Å². The van der Waals surface area contributed by atoms with Gasteiger partial charge in [-0.1, -0.05) is 11.8 Å². The highest BCUT2D eigenvalue weighted by atomic mass is 32.4. The number of rotatable bonds is 4. The maximum absolute atomic E-state index is 10.2. The lowest BCUT2D eigenvalue weighted by Crippen LogP contribution is -2.30. The van der Waals surface area contributed by atoms with E-state index in [2.05, 4.69) is 0 Å². The molecule has 0 radical (unpaired) electrons. The zero-order valence-corrected chi connectivity index (χ0v) is 7.94. The molecule has 0 saturated carbocycles.